The Morgan fingerprint density at radius 3 is 2.46 bits per heavy atom. The number of benzene rings is 2. The highest BCUT2D eigenvalue weighted by Crippen LogP contribution is 2.29. The van der Waals surface area contributed by atoms with Crippen LogP contribution in [0.2, 0.25) is 0 Å². The minimum Gasteiger partial charge on any atom is -0.378 e. The number of aromatic nitrogens is 2. The van der Waals surface area contributed by atoms with Crippen molar-refractivity contribution in [2.24, 2.45) is 0 Å². The molecule has 146 valence electrons. The highest BCUT2D eigenvalue weighted by atomic mass is 19.4. The van der Waals surface area contributed by atoms with Crippen LogP contribution in [0.3, 0.4) is 0 Å². The van der Waals surface area contributed by atoms with Crippen molar-refractivity contribution in [2.45, 2.75) is 12.7 Å². The lowest BCUT2D eigenvalue weighted by atomic mass is 10.1. The molecule has 0 aliphatic carbocycles. The highest BCUT2D eigenvalue weighted by molar-refractivity contribution is 6.03. The van der Waals surface area contributed by atoms with Crippen molar-refractivity contribution in [1.82, 2.24) is 9.78 Å². The molecule has 1 aromatic heterocycles. The molecule has 8 heteroatoms. The maximum Gasteiger partial charge on any atom is 0.416 e. The third kappa shape index (κ3) is 4.51. The van der Waals surface area contributed by atoms with Crippen LogP contribution < -0.4 is 10.2 Å². The van der Waals surface area contributed by atoms with Crippen molar-refractivity contribution in [3.05, 3.63) is 77.5 Å². The fourth-order valence-electron chi connectivity index (χ4n) is 2.66. The van der Waals surface area contributed by atoms with Crippen molar-refractivity contribution in [2.75, 3.05) is 24.3 Å². The zero-order valence-corrected chi connectivity index (χ0v) is 15.4. The summed E-state index contributed by atoms with van der Waals surface area (Å²) in [5.41, 5.74) is 1.10. The Morgan fingerprint density at radius 1 is 1.11 bits per heavy atom. The first-order valence-electron chi connectivity index (χ1n) is 8.51. The van der Waals surface area contributed by atoms with Gasteiger partial charge in [0, 0.05) is 31.4 Å². The molecule has 0 bridgehead atoms. The van der Waals surface area contributed by atoms with Gasteiger partial charge in [0.2, 0.25) is 0 Å². The van der Waals surface area contributed by atoms with Gasteiger partial charge in [-0.15, -0.1) is 0 Å². The molecule has 3 rings (SSSR count). The SMILES string of the molecule is CN(C)c1ccc(Cn2nccc2NC(=O)c2cccc(C(F)(F)F)c2)cc1. The number of alkyl halides is 3. The molecule has 28 heavy (non-hydrogen) atoms. The minimum atomic E-state index is -4.50. The van der Waals surface area contributed by atoms with E-state index in [2.05, 4.69) is 10.4 Å². The molecule has 3 aromatic rings. The van der Waals surface area contributed by atoms with Gasteiger partial charge in [0.1, 0.15) is 5.82 Å². The molecule has 0 unspecified atom stereocenters. The zero-order chi connectivity index (χ0) is 20.3. The molecule has 0 atom stereocenters. The van der Waals surface area contributed by atoms with Crippen LogP contribution in [-0.4, -0.2) is 29.8 Å². The van der Waals surface area contributed by atoms with E-state index in [1.807, 2.05) is 43.3 Å². The smallest absolute Gasteiger partial charge is 0.378 e. The second-order valence-corrected chi connectivity index (χ2v) is 6.47. The molecule has 1 heterocycles. The second-order valence-electron chi connectivity index (χ2n) is 6.47. The molecular weight excluding hydrogens is 369 g/mol. The molecule has 0 fully saturated rings. The predicted molar refractivity (Wildman–Crippen MR) is 101 cm³/mol. The largest absolute Gasteiger partial charge is 0.416 e. The molecule has 0 aliphatic heterocycles. The van der Waals surface area contributed by atoms with E-state index >= 15 is 0 Å². The monoisotopic (exact) mass is 388 g/mol. The highest BCUT2D eigenvalue weighted by Gasteiger charge is 2.30. The average Bonchev–Trinajstić information content (AvgIpc) is 3.08. The van der Waals surface area contributed by atoms with Crippen LogP contribution in [0.1, 0.15) is 21.5 Å². The van der Waals surface area contributed by atoms with Crippen molar-refractivity contribution >= 4 is 17.4 Å². The first-order chi connectivity index (χ1) is 13.2. The summed E-state index contributed by atoms with van der Waals surface area (Å²) in [5.74, 6) is -0.227. The number of rotatable bonds is 5. The standard InChI is InChI=1S/C20H19F3N4O/c1-26(2)17-8-6-14(7-9-17)13-27-18(10-11-24-27)25-19(28)15-4-3-5-16(12-15)20(21,22)23/h3-12H,13H2,1-2H3,(H,25,28). The summed E-state index contributed by atoms with van der Waals surface area (Å²) in [6, 6.07) is 13.8. The number of hydrogen-bond donors (Lipinski definition) is 1. The summed E-state index contributed by atoms with van der Waals surface area (Å²) in [4.78, 5) is 14.4. The van der Waals surface area contributed by atoms with Gasteiger partial charge >= 0.3 is 6.18 Å². The summed E-state index contributed by atoms with van der Waals surface area (Å²) in [7, 11) is 3.90. The Morgan fingerprint density at radius 2 is 1.82 bits per heavy atom. The van der Waals surface area contributed by atoms with Crippen LogP contribution in [0.15, 0.2) is 60.8 Å². The van der Waals surface area contributed by atoms with Gasteiger partial charge in [0.05, 0.1) is 18.3 Å². The number of carbonyl (C=O) groups is 1. The number of halogens is 3. The quantitative estimate of drug-likeness (QED) is 0.710. The van der Waals surface area contributed by atoms with E-state index in [1.54, 1.807) is 10.7 Å². The predicted octanol–water partition coefficient (Wildman–Crippen LogP) is 4.27. The molecule has 1 amide bonds. The lowest BCUT2D eigenvalue weighted by Gasteiger charge is -2.13. The lowest BCUT2D eigenvalue weighted by Crippen LogP contribution is -2.17. The summed E-state index contributed by atoms with van der Waals surface area (Å²) < 4.78 is 40.1. The molecule has 0 aliphatic rings. The van der Waals surface area contributed by atoms with Gasteiger partial charge in [-0.3, -0.25) is 4.79 Å². The van der Waals surface area contributed by atoms with Crippen LogP contribution in [-0.2, 0) is 12.7 Å². The van der Waals surface area contributed by atoms with Gasteiger partial charge in [0.15, 0.2) is 0 Å². The Balaban J connectivity index is 1.74. The molecule has 0 saturated heterocycles. The fraction of sp³-hybridized carbons (Fsp3) is 0.200. The minimum absolute atomic E-state index is 0.0714. The molecule has 0 radical (unpaired) electrons. The number of carbonyl (C=O) groups excluding carboxylic acids is 1. The molecule has 5 nitrogen and oxygen atoms in total. The van der Waals surface area contributed by atoms with Crippen molar-refractivity contribution in [3.8, 4) is 0 Å². The summed E-state index contributed by atoms with van der Waals surface area (Å²) in [5, 5.41) is 6.81. The third-order valence-corrected chi connectivity index (χ3v) is 4.20. The number of amides is 1. The molecular formula is C20H19F3N4O. The van der Waals surface area contributed by atoms with Gasteiger partial charge in [-0.2, -0.15) is 18.3 Å². The van der Waals surface area contributed by atoms with E-state index in [0.29, 0.717) is 12.4 Å². The van der Waals surface area contributed by atoms with Gasteiger partial charge < -0.3 is 10.2 Å². The number of nitrogens with zero attached hydrogens (tertiary/aromatic N) is 3. The van der Waals surface area contributed by atoms with E-state index in [-0.39, 0.29) is 5.56 Å². The van der Waals surface area contributed by atoms with Crippen LogP contribution >= 0.6 is 0 Å². The van der Waals surface area contributed by atoms with Gasteiger partial charge in [0.25, 0.3) is 5.91 Å². The molecule has 0 spiro atoms. The number of hydrogen-bond acceptors (Lipinski definition) is 3. The van der Waals surface area contributed by atoms with Crippen LogP contribution in [0.4, 0.5) is 24.7 Å². The molecule has 1 N–H and O–H groups in total. The van der Waals surface area contributed by atoms with Crippen molar-refractivity contribution in [1.29, 1.82) is 0 Å². The van der Waals surface area contributed by atoms with Crippen LogP contribution in [0, 0.1) is 0 Å². The Labute approximate surface area is 160 Å². The van der Waals surface area contributed by atoms with Gasteiger partial charge in [-0.1, -0.05) is 18.2 Å². The Hall–Kier alpha value is -3.29. The fourth-order valence-corrected chi connectivity index (χ4v) is 2.66. The van der Waals surface area contributed by atoms with Crippen LogP contribution in [0.5, 0.6) is 0 Å². The normalized spacial score (nSPS) is 11.3. The maximum atomic E-state index is 12.8. The lowest BCUT2D eigenvalue weighted by molar-refractivity contribution is -0.137. The first-order valence-corrected chi connectivity index (χ1v) is 8.51. The van der Waals surface area contributed by atoms with Gasteiger partial charge in [-0.05, 0) is 35.9 Å². The zero-order valence-electron chi connectivity index (χ0n) is 15.4. The maximum absolute atomic E-state index is 12.8. The third-order valence-electron chi connectivity index (χ3n) is 4.20. The average molecular weight is 388 g/mol. The van der Waals surface area contributed by atoms with E-state index in [0.717, 1.165) is 23.4 Å². The topological polar surface area (TPSA) is 50.2 Å². The Bertz CT molecular complexity index is 962. The van der Waals surface area contributed by atoms with Crippen LogP contribution in [0.25, 0.3) is 0 Å². The van der Waals surface area contributed by atoms with Crippen molar-refractivity contribution in [3.63, 3.8) is 0 Å². The van der Waals surface area contributed by atoms with E-state index in [1.165, 1.54) is 18.3 Å². The van der Waals surface area contributed by atoms with Crippen molar-refractivity contribution < 1.29 is 18.0 Å². The van der Waals surface area contributed by atoms with E-state index < -0.39 is 17.6 Å². The number of anilines is 2. The summed E-state index contributed by atoms with van der Waals surface area (Å²) in [6.45, 7) is 0.416. The summed E-state index contributed by atoms with van der Waals surface area (Å²) in [6.07, 6.45) is -2.98. The molecule has 0 saturated carbocycles. The van der Waals surface area contributed by atoms with E-state index in [9.17, 15) is 18.0 Å². The van der Waals surface area contributed by atoms with E-state index in [4.69, 9.17) is 0 Å². The summed E-state index contributed by atoms with van der Waals surface area (Å²) >= 11 is 0. The number of nitrogens with one attached hydrogen (secondary N) is 1. The molecule has 2 aromatic carbocycles. The Kier molecular flexibility index (Phi) is 5.39. The second kappa shape index (κ2) is 7.75. The first kappa shape index (κ1) is 19.5. The van der Waals surface area contributed by atoms with Gasteiger partial charge in [-0.25, -0.2) is 4.68 Å².